The van der Waals surface area contributed by atoms with Crippen LogP contribution in [0, 0.1) is 13.8 Å². The van der Waals surface area contributed by atoms with Crippen LogP contribution in [0.5, 0.6) is 11.5 Å². The highest BCUT2D eigenvalue weighted by Gasteiger charge is 2.24. The molecule has 0 aliphatic carbocycles. The summed E-state index contributed by atoms with van der Waals surface area (Å²) in [5, 5.41) is 10.3. The van der Waals surface area contributed by atoms with Gasteiger partial charge >= 0.3 is 0 Å². The molecule has 10 heteroatoms. The van der Waals surface area contributed by atoms with Crippen molar-refractivity contribution in [1.29, 1.82) is 0 Å². The number of Topliss-reactive ketones (excluding diaryl/α,β-unsaturated/α-hetero) is 1. The molecule has 0 atom stereocenters. The summed E-state index contributed by atoms with van der Waals surface area (Å²) in [7, 11) is 3.16. The van der Waals surface area contributed by atoms with Gasteiger partial charge in [-0.15, -0.1) is 11.3 Å². The molecule has 1 amide bonds. The third-order valence-electron chi connectivity index (χ3n) is 5.75. The molecule has 0 bridgehead atoms. The Kier molecular flexibility index (Phi) is 6.03. The first-order valence-corrected chi connectivity index (χ1v) is 12.0. The van der Waals surface area contributed by atoms with Crippen LogP contribution in [0.1, 0.15) is 21.7 Å². The van der Waals surface area contributed by atoms with Gasteiger partial charge in [0.25, 0.3) is 11.7 Å². The summed E-state index contributed by atoms with van der Waals surface area (Å²) >= 11 is 1.36. The molecule has 0 unspecified atom stereocenters. The predicted octanol–water partition coefficient (Wildman–Crippen LogP) is 4.93. The first-order valence-electron chi connectivity index (χ1n) is 11.1. The number of thiazole rings is 1. The van der Waals surface area contributed by atoms with E-state index >= 15 is 0 Å². The molecule has 36 heavy (non-hydrogen) atoms. The fourth-order valence-electron chi connectivity index (χ4n) is 4.08. The number of anilines is 1. The summed E-state index contributed by atoms with van der Waals surface area (Å²) in [5.74, 6) is 0.204. The van der Waals surface area contributed by atoms with E-state index in [4.69, 9.17) is 14.5 Å². The standard InChI is InChI=1S/C26H23N5O4S/c1-14-11-22(29-25(33)24(32)23-15(2)27-18-8-6-5-7-17(18)23)31(30-14)26-28-19(13-36-26)16-9-10-20(34-3)21(12-16)35-4/h5-13,27H,1-4H3,(H,29,33). The van der Waals surface area contributed by atoms with Crippen LogP contribution in [0.25, 0.3) is 27.3 Å². The van der Waals surface area contributed by atoms with Crippen molar-refractivity contribution in [2.75, 3.05) is 19.5 Å². The summed E-state index contributed by atoms with van der Waals surface area (Å²) in [6, 6.07) is 14.6. The van der Waals surface area contributed by atoms with Gasteiger partial charge in [0.15, 0.2) is 11.5 Å². The smallest absolute Gasteiger partial charge is 0.298 e. The molecule has 3 aromatic heterocycles. The van der Waals surface area contributed by atoms with Crippen LogP contribution in [-0.4, -0.2) is 45.7 Å². The second-order valence-corrected chi connectivity index (χ2v) is 8.96. The number of methoxy groups -OCH3 is 2. The van der Waals surface area contributed by atoms with E-state index in [-0.39, 0.29) is 0 Å². The van der Waals surface area contributed by atoms with Crippen LogP contribution < -0.4 is 14.8 Å². The first kappa shape index (κ1) is 23.3. The lowest BCUT2D eigenvalue weighted by Crippen LogP contribution is -2.24. The summed E-state index contributed by atoms with van der Waals surface area (Å²) in [6.07, 6.45) is 0. The molecule has 2 aromatic carbocycles. The van der Waals surface area contributed by atoms with Gasteiger partial charge in [-0.2, -0.15) is 9.78 Å². The molecule has 0 spiro atoms. The summed E-state index contributed by atoms with van der Waals surface area (Å²) in [6.45, 7) is 3.58. The second-order valence-electron chi connectivity index (χ2n) is 8.12. The van der Waals surface area contributed by atoms with E-state index in [0.29, 0.717) is 50.5 Å². The number of hydrogen-bond donors (Lipinski definition) is 2. The quantitative estimate of drug-likeness (QED) is 0.242. The highest BCUT2D eigenvalue weighted by molar-refractivity contribution is 7.12. The van der Waals surface area contributed by atoms with Gasteiger partial charge in [-0.1, -0.05) is 18.2 Å². The van der Waals surface area contributed by atoms with E-state index in [2.05, 4.69) is 15.4 Å². The molecular formula is C26H23N5O4S. The highest BCUT2D eigenvalue weighted by atomic mass is 32.1. The van der Waals surface area contributed by atoms with Crippen LogP contribution in [0.4, 0.5) is 5.82 Å². The van der Waals surface area contributed by atoms with Gasteiger partial charge < -0.3 is 19.8 Å². The molecule has 5 aromatic rings. The lowest BCUT2D eigenvalue weighted by Gasteiger charge is -2.08. The molecule has 3 heterocycles. The molecule has 182 valence electrons. The number of amides is 1. The van der Waals surface area contributed by atoms with E-state index < -0.39 is 11.7 Å². The van der Waals surface area contributed by atoms with Crippen LogP contribution >= 0.6 is 11.3 Å². The fraction of sp³-hybridized carbons (Fsp3) is 0.154. The maximum atomic E-state index is 13.1. The minimum absolute atomic E-state index is 0.357. The van der Waals surface area contributed by atoms with Gasteiger partial charge in [0, 0.05) is 33.6 Å². The Morgan fingerprint density at radius 3 is 2.58 bits per heavy atom. The number of nitrogens with zero attached hydrogens (tertiary/aromatic N) is 3. The van der Waals surface area contributed by atoms with Crippen molar-refractivity contribution in [3.05, 3.63) is 70.9 Å². The number of nitrogens with one attached hydrogen (secondary N) is 2. The average molecular weight is 502 g/mol. The Hall–Kier alpha value is -4.44. The lowest BCUT2D eigenvalue weighted by atomic mass is 10.1. The second kappa shape index (κ2) is 9.31. The number of carbonyl (C=O) groups excluding carboxylic acids is 2. The maximum absolute atomic E-state index is 13.1. The predicted molar refractivity (Wildman–Crippen MR) is 139 cm³/mol. The number of rotatable bonds is 7. The molecule has 0 fully saturated rings. The van der Waals surface area contributed by atoms with E-state index in [9.17, 15) is 9.59 Å². The van der Waals surface area contributed by atoms with E-state index in [1.807, 2.05) is 47.8 Å². The Balaban J connectivity index is 1.43. The number of benzene rings is 2. The number of fused-ring (bicyclic) bond motifs is 1. The minimum atomic E-state index is -0.749. The van der Waals surface area contributed by atoms with E-state index in [1.54, 1.807) is 34.1 Å². The fourth-order valence-corrected chi connectivity index (χ4v) is 4.88. The SMILES string of the molecule is COc1ccc(-c2csc(-n3nc(C)cc3NC(=O)C(=O)c3c(C)[nH]c4ccccc34)n2)cc1OC. The van der Waals surface area contributed by atoms with Crippen molar-refractivity contribution < 1.29 is 19.1 Å². The van der Waals surface area contributed by atoms with Crippen LogP contribution in [0.15, 0.2) is 53.9 Å². The molecule has 0 aliphatic rings. The number of aryl methyl sites for hydroxylation is 2. The van der Waals surface area contributed by atoms with Gasteiger partial charge in [-0.05, 0) is 38.1 Å². The normalized spacial score (nSPS) is 11.0. The Labute approximate surface area is 210 Å². The van der Waals surface area contributed by atoms with Crippen LogP contribution in [-0.2, 0) is 4.79 Å². The molecule has 0 saturated heterocycles. The average Bonchev–Trinajstić information content (AvgIpc) is 3.59. The Morgan fingerprint density at radius 1 is 1.03 bits per heavy atom. The number of aromatic nitrogens is 4. The summed E-state index contributed by atoms with van der Waals surface area (Å²) in [5.41, 5.74) is 4.03. The highest BCUT2D eigenvalue weighted by Crippen LogP contribution is 2.33. The zero-order valence-electron chi connectivity index (χ0n) is 20.1. The van der Waals surface area contributed by atoms with Gasteiger partial charge in [-0.25, -0.2) is 4.98 Å². The number of hydrogen-bond acceptors (Lipinski definition) is 7. The summed E-state index contributed by atoms with van der Waals surface area (Å²) in [4.78, 5) is 34.0. The van der Waals surface area contributed by atoms with Crippen molar-refractivity contribution in [1.82, 2.24) is 19.7 Å². The molecule has 0 radical (unpaired) electrons. The number of H-pyrrole nitrogens is 1. The van der Waals surface area contributed by atoms with Gasteiger partial charge in [0.05, 0.1) is 31.2 Å². The Morgan fingerprint density at radius 2 is 1.81 bits per heavy atom. The zero-order valence-corrected chi connectivity index (χ0v) is 20.9. The largest absolute Gasteiger partial charge is 0.493 e. The van der Waals surface area contributed by atoms with Crippen molar-refractivity contribution >= 4 is 39.7 Å². The number of carbonyl (C=O) groups is 2. The third-order valence-corrected chi connectivity index (χ3v) is 6.57. The molecular weight excluding hydrogens is 478 g/mol. The zero-order chi connectivity index (χ0) is 25.4. The van der Waals surface area contributed by atoms with Crippen molar-refractivity contribution in [3.8, 4) is 27.9 Å². The van der Waals surface area contributed by atoms with Gasteiger partial charge in [0.1, 0.15) is 5.82 Å². The Bertz CT molecular complexity index is 1610. The molecule has 2 N–H and O–H groups in total. The lowest BCUT2D eigenvalue weighted by molar-refractivity contribution is -0.112. The van der Waals surface area contributed by atoms with E-state index in [0.717, 1.165) is 11.1 Å². The minimum Gasteiger partial charge on any atom is -0.493 e. The van der Waals surface area contributed by atoms with Crippen LogP contribution in [0.3, 0.4) is 0 Å². The molecule has 0 saturated carbocycles. The monoisotopic (exact) mass is 501 g/mol. The van der Waals surface area contributed by atoms with Gasteiger partial charge in [0.2, 0.25) is 5.13 Å². The van der Waals surface area contributed by atoms with E-state index in [1.165, 1.54) is 16.0 Å². The third kappa shape index (κ3) is 4.11. The number of aromatic amines is 1. The number of para-hydroxylation sites is 1. The van der Waals surface area contributed by atoms with Crippen molar-refractivity contribution in [3.63, 3.8) is 0 Å². The number of ether oxygens (including phenoxy) is 2. The molecule has 9 nitrogen and oxygen atoms in total. The van der Waals surface area contributed by atoms with Crippen molar-refractivity contribution in [2.24, 2.45) is 0 Å². The van der Waals surface area contributed by atoms with Crippen molar-refractivity contribution in [2.45, 2.75) is 13.8 Å². The first-order chi connectivity index (χ1) is 17.4. The molecule has 0 aliphatic heterocycles. The number of ketones is 1. The summed E-state index contributed by atoms with van der Waals surface area (Å²) < 4.78 is 12.2. The molecule has 5 rings (SSSR count). The van der Waals surface area contributed by atoms with Gasteiger partial charge in [-0.3, -0.25) is 9.59 Å². The van der Waals surface area contributed by atoms with Crippen LogP contribution in [0.2, 0.25) is 0 Å². The maximum Gasteiger partial charge on any atom is 0.298 e. The topological polar surface area (TPSA) is 111 Å².